The van der Waals surface area contributed by atoms with E-state index in [1.807, 2.05) is 45.4 Å². The molecule has 3 aromatic rings. The first-order valence-electron chi connectivity index (χ1n) is 12.6. The van der Waals surface area contributed by atoms with Gasteiger partial charge in [-0.15, -0.1) is 11.3 Å². The number of hydrogen-bond acceptors (Lipinski definition) is 4. The molecule has 0 spiro atoms. The van der Waals surface area contributed by atoms with Crippen molar-refractivity contribution in [3.63, 3.8) is 0 Å². The molecule has 1 fully saturated rings. The SMILES string of the molecule is O=C(CCc1ccccc1)N1CCCN(C(=O)CN2CCc3sccc3C2c2ccccc2)CC1. The Kier molecular flexibility index (Phi) is 7.60. The van der Waals surface area contributed by atoms with Crippen molar-refractivity contribution in [2.75, 3.05) is 39.3 Å². The first-order chi connectivity index (χ1) is 17.2. The second-order valence-corrected chi connectivity index (χ2v) is 10.4. The van der Waals surface area contributed by atoms with Gasteiger partial charge in [-0.1, -0.05) is 60.7 Å². The number of aryl methyl sites for hydroxylation is 1. The molecule has 0 aliphatic carbocycles. The normalized spacial score (nSPS) is 18.7. The summed E-state index contributed by atoms with van der Waals surface area (Å²) in [4.78, 5) is 33.9. The predicted octanol–water partition coefficient (Wildman–Crippen LogP) is 4.39. The van der Waals surface area contributed by atoms with Gasteiger partial charge >= 0.3 is 0 Å². The lowest BCUT2D eigenvalue weighted by Crippen LogP contribution is -2.45. The lowest BCUT2D eigenvalue weighted by atomic mass is 9.93. The zero-order chi connectivity index (χ0) is 24.0. The topological polar surface area (TPSA) is 43.9 Å². The van der Waals surface area contributed by atoms with Crippen LogP contribution in [0.5, 0.6) is 0 Å². The number of carbonyl (C=O) groups is 2. The minimum absolute atomic E-state index is 0.123. The van der Waals surface area contributed by atoms with Gasteiger partial charge in [0.2, 0.25) is 11.8 Å². The summed E-state index contributed by atoms with van der Waals surface area (Å²) in [5, 5.41) is 2.17. The van der Waals surface area contributed by atoms with E-state index in [2.05, 4.69) is 52.7 Å². The highest BCUT2D eigenvalue weighted by Crippen LogP contribution is 2.37. The van der Waals surface area contributed by atoms with E-state index in [-0.39, 0.29) is 17.9 Å². The molecule has 1 atom stereocenters. The van der Waals surface area contributed by atoms with Gasteiger partial charge in [0.25, 0.3) is 0 Å². The minimum atomic E-state index is 0.123. The Morgan fingerprint density at radius 2 is 1.49 bits per heavy atom. The molecule has 5 rings (SSSR count). The second kappa shape index (κ2) is 11.2. The number of thiophene rings is 1. The van der Waals surface area contributed by atoms with Crippen LogP contribution in [0.1, 0.15) is 40.5 Å². The van der Waals surface area contributed by atoms with Crippen LogP contribution >= 0.6 is 11.3 Å². The Labute approximate surface area is 212 Å². The standard InChI is InChI=1S/C29H33N3O2S/c33-27(13-12-23-8-3-1-4-9-23)30-16-7-17-31(20-19-30)28(34)22-32-18-14-26-25(15-21-35-26)29(32)24-10-5-2-6-11-24/h1-6,8-11,15,21,29H,7,12-14,16-20,22H2. The fourth-order valence-electron chi connectivity index (χ4n) is 5.31. The van der Waals surface area contributed by atoms with E-state index < -0.39 is 0 Å². The Balaban J connectivity index is 1.19. The largest absolute Gasteiger partial charge is 0.341 e. The molecule has 0 N–H and O–H groups in total. The molecule has 2 amide bonds. The highest BCUT2D eigenvalue weighted by Gasteiger charge is 2.32. The van der Waals surface area contributed by atoms with Crippen molar-refractivity contribution in [3.8, 4) is 0 Å². The first kappa shape index (κ1) is 23.8. The molecule has 0 radical (unpaired) electrons. The lowest BCUT2D eigenvalue weighted by Gasteiger charge is -2.37. The van der Waals surface area contributed by atoms with Gasteiger partial charge in [-0.3, -0.25) is 14.5 Å². The molecule has 3 heterocycles. The third-order valence-corrected chi connectivity index (χ3v) is 8.19. The number of carbonyl (C=O) groups excluding carboxylic acids is 2. The van der Waals surface area contributed by atoms with Crippen molar-refractivity contribution in [1.82, 2.24) is 14.7 Å². The Hall–Kier alpha value is -2.96. The monoisotopic (exact) mass is 487 g/mol. The van der Waals surface area contributed by atoms with Gasteiger partial charge in [0, 0.05) is 44.0 Å². The maximum absolute atomic E-state index is 13.4. The highest BCUT2D eigenvalue weighted by atomic mass is 32.1. The summed E-state index contributed by atoms with van der Waals surface area (Å²) in [6.45, 7) is 3.98. The van der Waals surface area contributed by atoms with E-state index in [9.17, 15) is 9.59 Å². The molecule has 35 heavy (non-hydrogen) atoms. The maximum Gasteiger partial charge on any atom is 0.236 e. The maximum atomic E-state index is 13.4. The number of fused-ring (bicyclic) bond motifs is 1. The fraction of sp³-hybridized carbons (Fsp3) is 0.379. The Morgan fingerprint density at radius 3 is 2.23 bits per heavy atom. The second-order valence-electron chi connectivity index (χ2n) is 9.43. The summed E-state index contributed by atoms with van der Waals surface area (Å²) in [5.74, 6) is 0.358. The van der Waals surface area contributed by atoms with Gasteiger partial charge in [-0.25, -0.2) is 0 Å². The third kappa shape index (κ3) is 5.65. The Bertz CT molecular complexity index is 1130. The van der Waals surface area contributed by atoms with Crippen molar-refractivity contribution in [2.45, 2.75) is 31.7 Å². The van der Waals surface area contributed by atoms with E-state index in [4.69, 9.17) is 0 Å². The number of nitrogens with zero attached hydrogens (tertiary/aromatic N) is 3. The molecule has 2 aliphatic heterocycles. The van der Waals surface area contributed by atoms with Crippen LogP contribution in [-0.4, -0.2) is 65.8 Å². The summed E-state index contributed by atoms with van der Waals surface area (Å²) in [6, 6.07) is 23.0. The van der Waals surface area contributed by atoms with Crippen molar-refractivity contribution in [1.29, 1.82) is 0 Å². The molecule has 5 nitrogen and oxygen atoms in total. The molecule has 182 valence electrons. The van der Waals surface area contributed by atoms with Crippen LogP contribution in [0.3, 0.4) is 0 Å². The van der Waals surface area contributed by atoms with Crippen LogP contribution < -0.4 is 0 Å². The predicted molar refractivity (Wildman–Crippen MR) is 140 cm³/mol. The molecule has 1 aromatic heterocycles. The van der Waals surface area contributed by atoms with Crippen molar-refractivity contribution in [3.05, 3.63) is 93.7 Å². The van der Waals surface area contributed by atoms with E-state index >= 15 is 0 Å². The van der Waals surface area contributed by atoms with Gasteiger partial charge in [0.1, 0.15) is 0 Å². The number of hydrogen-bond donors (Lipinski definition) is 0. The molecule has 0 saturated carbocycles. The van der Waals surface area contributed by atoms with E-state index in [1.54, 1.807) is 0 Å². The van der Waals surface area contributed by atoms with Crippen LogP contribution in [0.15, 0.2) is 72.1 Å². The third-order valence-electron chi connectivity index (χ3n) is 7.19. The molecule has 0 bridgehead atoms. The van der Waals surface area contributed by atoms with Crippen LogP contribution in [0, 0.1) is 0 Å². The van der Waals surface area contributed by atoms with Crippen LogP contribution in [0.2, 0.25) is 0 Å². The van der Waals surface area contributed by atoms with Gasteiger partial charge in [-0.2, -0.15) is 0 Å². The first-order valence-corrected chi connectivity index (χ1v) is 13.5. The van der Waals surface area contributed by atoms with Crippen LogP contribution in [0.25, 0.3) is 0 Å². The summed E-state index contributed by atoms with van der Waals surface area (Å²) >= 11 is 1.82. The molecular weight excluding hydrogens is 454 g/mol. The van der Waals surface area contributed by atoms with E-state index in [0.29, 0.717) is 26.1 Å². The fourth-order valence-corrected chi connectivity index (χ4v) is 6.21. The summed E-state index contributed by atoms with van der Waals surface area (Å²) < 4.78 is 0. The van der Waals surface area contributed by atoms with Gasteiger partial charge < -0.3 is 9.80 Å². The molecule has 1 saturated heterocycles. The zero-order valence-corrected chi connectivity index (χ0v) is 21.0. The molecule has 6 heteroatoms. The zero-order valence-electron chi connectivity index (χ0n) is 20.1. The smallest absolute Gasteiger partial charge is 0.236 e. The van der Waals surface area contributed by atoms with Crippen LogP contribution in [-0.2, 0) is 22.4 Å². The molecule has 2 aromatic carbocycles. The summed E-state index contributed by atoms with van der Waals surface area (Å²) in [6.07, 6.45) is 3.11. The average Bonchev–Trinajstić information content (AvgIpc) is 3.23. The summed E-state index contributed by atoms with van der Waals surface area (Å²) in [5.41, 5.74) is 3.77. The quantitative estimate of drug-likeness (QED) is 0.518. The van der Waals surface area contributed by atoms with Gasteiger partial charge in [-0.05, 0) is 47.4 Å². The van der Waals surface area contributed by atoms with Crippen molar-refractivity contribution < 1.29 is 9.59 Å². The number of amides is 2. The van der Waals surface area contributed by atoms with Gasteiger partial charge in [0.05, 0.1) is 12.6 Å². The molecule has 2 aliphatic rings. The summed E-state index contributed by atoms with van der Waals surface area (Å²) in [7, 11) is 0. The van der Waals surface area contributed by atoms with Gasteiger partial charge in [0.15, 0.2) is 0 Å². The highest BCUT2D eigenvalue weighted by molar-refractivity contribution is 7.10. The van der Waals surface area contributed by atoms with Crippen molar-refractivity contribution in [2.24, 2.45) is 0 Å². The van der Waals surface area contributed by atoms with E-state index in [1.165, 1.54) is 21.6 Å². The minimum Gasteiger partial charge on any atom is -0.341 e. The van der Waals surface area contributed by atoms with E-state index in [0.717, 1.165) is 38.9 Å². The molecular formula is C29H33N3O2S. The molecule has 1 unspecified atom stereocenters. The van der Waals surface area contributed by atoms with Crippen molar-refractivity contribution >= 4 is 23.2 Å². The Morgan fingerprint density at radius 1 is 0.800 bits per heavy atom. The van der Waals surface area contributed by atoms with Crippen LogP contribution in [0.4, 0.5) is 0 Å². The number of benzene rings is 2. The number of rotatable bonds is 6. The average molecular weight is 488 g/mol. The lowest BCUT2D eigenvalue weighted by molar-refractivity contribution is -0.134.